The van der Waals surface area contributed by atoms with Crippen LogP contribution in [0.25, 0.3) is 22.5 Å². The first-order chi connectivity index (χ1) is 14.6. The number of hydrogen-bond donors (Lipinski definition) is 0. The molecule has 0 atom stereocenters. The minimum Gasteiger partial charge on any atom is -0.496 e. The van der Waals surface area contributed by atoms with Crippen LogP contribution in [0.4, 0.5) is 5.82 Å². The molecular formula is C21H19N5O4. The van der Waals surface area contributed by atoms with Crippen molar-refractivity contribution in [2.75, 3.05) is 14.2 Å². The Hall–Kier alpha value is -4.14. The zero-order chi connectivity index (χ0) is 21.1. The molecule has 0 spiro atoms. The molecule has 30 heavy (non-hydrogen) atoms. The molecule has 0 fully saturated rings. The standard InChI is InChI=1S/C21H19N5O4/c1-29-19-9-5-3-7-15(19)17-13-18(16-8-4-6-10-20(16)30-2)25(22-17)14-24-12-11-21(23-24)26(27)28/h3-13H,14H2,1-2H3. The zero-order valence-corrected chi connectivity index (χ0v) is 16.4. The summed E-state index contributed by atoms with van der Waals surface area (Å²) < 4.78 is 14.2. The summed E-state index contributed by atoms with van der Waals surface area (Å²) in [5.41, 5.74) is 3.16. The van der Waals surface area contributed by atoms with E-state index in [1.807, 2.05) is 54.6 Å². The van der Waals surface area contributed by atoms with Crippen molar-refractivity contribution < 1.29 is 14.4 Å². The maximum absolute atomic E-state index is 11.0. The lowest BCUT2D eigenvalue weighted by molar-refractivity contribution is -0.389. The van der Waals surface area contributed by atoms with Gasteiger partial charge in [-0.25, -0.2) is 4.68 Å². The molecule has 0 radical (unpaired) electrons. The van der Waals surface area contributed by atoms with E-state index < -0.39 is 4.92 Å². The van der Waals surface area contributed by atoms with Crippen LogP contribution in [-0.4, -0.2) is 38.7 Å². The Morgan fingerprint density at radius 1 is 0.933 bits per heavy atom. The van der Waals surface area contributed by atoms with E-state index in [9.17, 15) is 10.1 Å². The largest absolute Gasteiger partial charge is 0.496 e. The molecule has 2 heterocycles. The van der Waals surface area contributed by atoms with E-state index in [-0.39, 0.29) is 12.5 Å². The maximum atomic E-state index is 11.0. The van der Waals surface area contributed by atoms with Gasteiger partial charge in [0, 0.05) is 11.1 Å². The van der Waals surface area contributed by atoms with Gasteiger partial charge < -0.3 is 19.6 Å². The number of ether oxygens (including phenoxy) is 2. The van der Waals surface area contributed by atoms with Crippen LogP contribution in [-0.2, 0) is 6.67 Å². The molecule has 0 aliphatic rings. The Balaban J connectivity index is 1.84. The van der Waals surface area contributed by atoms with Crippen LogP contribution in [0, 0.1) is 10.1 Å². The number of rotatable bonds is 7. The van der Waals surface area contributed by atoms with E-state index in [2.05, 4.69) is 5.10 Å². The van der Waals surface area contributed by atoms with E-state index in [1.54, 1.807) is 25.1 Å². The number of nitro groups is 1. The summed E-state index contributed by atoms with van der Waals surface area (Å²) in [6.45, 7) is 0.191. The lowest BCUT2D eigenvalue weighted by Gasteiger charge is -2.10. The minimum absolute atomic E-state index is 0.191. The predicted molar refractivity (Wildman–Crippen MR) is 110 cm³/mol. The molecule has 9 heteroatoms. The minimum atomic E-state index is -0.527. The second kappa shape index (κ2) is 8.08. The predicted octanol–water partition coefficient (Wildman–Crippen LogP) is 3.84. The van der Waals surface area contributed by atoms with Crippen LogP contribution >= 0.6 is 0 Å². The average Bonchev–Trinajstić information content (AvgIpc) is 3.41. The van der Waals surface area contributed by atoms with Crippen molar-refractivity contribution in [3.05, 3.63) is 77.0 Å². The molecule has 0 aliphatic heterocycles. The highest BCUT2D eigenvalue weighted by atomic mass is 16.6. The van der Waals surface area contributed by atoms with Gasteiger partial charge in [-0.15, -0.1) is 0 Å². The highest BCUT2D eigenvalue weighted by Gasteiger charge is 2.19. The van der Waals surface area contributed by atoms with Gasteiger partial charge in [-0.3, -0.25) is 0 Å². The van der Waals surface area contributed by atoms with Crippen molar-refractivity contribution >= 4 is 5.82 Å². The number of aromatic nitrogens is 4. The Labute approximate surface area is 172 Å². The molecule has 0 N–H and O–H groups in total. The number of para-hydroxylation sites is 2. The molecule has 0 bridgehead atoms. The Kier molecular flexibility index (Phi) is 5.17. The second-order valence-electron chi connectivity index (χ2n) is 6.43. The lowest BCUT2D eigenvalue weighted by atomic mass is 10.1. The Bertz CT molecular complexity index is 1200. The van der Waals surface area contributed by atoms with Gasteiger partial charge in [-0.1, -0.05) is 24.3 Å². The summed E-state index contributed by atoms with van der Waals surface area (Å²) >= 11 is 0. The second-order valence-corrected chi connectivity index (χ2v) is 6.43. The fraction of sp³-hybridized carbons (Fsp3) is 0.143. The lowest BCUT2D eigenvalue weighted by Crippen LogP contribution is -2.12. The van der Waals surface area contributed by atoms with E-state index in [1.165, 1.54) is 10.7 Å². The first-order valence-electron chi connectivity index (χ1n) is 9.13. The summed E-state index contributed by atoms with van der Waals surface area (Å²) in [5, 5.41) is 19.7. The molecule has 0 aliphatic carbocycles. The molecule has 152 valence electrons. The van der Waals surface area contributed by atoms with Gasteiger partial charge in [0.2, 0.25) is 0 Å². The maximum Gasteiger partial charge on any atom is 0.389 e. The third kappa shape index (κ3) is 3.60. The van der Waals surface area contributed by atoms with E-state index in [0.29, 0.717) is 17.2 Å². The summed E-state index contributed by atoms with van der Waals surface area (Å²) in [4.78, 5) is 10.4. The topological polar surface area (TPSA) is 97.2 Å². The highest BCUT2D eigenvalue weighted by Crippen LogP contribution is 2.35. The normalized spacial score (nSPS) is 10.7. The van der Waals surface area contributed by atoms with Crippen molar-refractivity contribution in [3.63, 3.8) is 0 Å². The Morgan fingerprint density at radius 3 is 2.20 bits per heavy atom. The van der Waals surface area contributed by atoms with Crippen molar-refractivity contribution in [2.45, 2.75) is 6.67 Å². The van der Waals surface area contributed by atoms with Crippen LogP contribution in [0.3, 0.4) is 0 Å². The van der Waals surface area contributed by atoms with Gasteiger partial charge in [0.25, 0.3) is 0 Å². The molecular weight excluding hydrogens is 386 g/mol. The first-order valence-corrected chi connectivity index (χ1v) is 9.13. The number of benzene rings is 2. The van der Waals surface area contributed by atoms with Gasteiger partial charge in [-0.2, -0.15) is 9.78 Å². The highest BCUT2D eigenvalue weighted by molar-refractivity contribution is 5.75. The van der Waals surface area contributed by atoms with E-state index in [4.69, 9.17) is 14.6 Å². The van der Waals surface area contributed by atoms with Crippen LogP contribution in [0.15, 0.2) is 66.9 Å². The quantitative estimate of drug-likeness (QED) is 0.342. The summed E-state index contributed by atoms with van der Waals surface area (Å²) in [5.74, 6) is 1.17. The van der Waals surface area contributed by atoms with E-state index >= 15 is 0 Å². The van der Waals surface area contributed by atoms with Crippen LogP contribution in [0.5, 0.6) is 11.5 Å². The van der Waals surface area contributed by atoms with Crippen molar-refractivity contribution in [1.82, 2.24) is 19.6 Å². The third-order valence-electron chi connectivity index (χ3n) is 4.64. The zero-order valence-electron chi connectivity index (χ0n) is 16.4. The molecule has 4 rings (SSSR count). The van der Waals surface area contributed by atoms with E-state index in [0.717, 1.165) is 16.8 Å². The van der Waals surface area contributed by atoms with Crippen molar-refractivity contribution in [1.29, 1.82) is 0 Å². The molecule has 0 unspecified atom stereocenters. The van der Waals surface area contributed by atoms with Gasteiger partial charge in [0.1, 0.15) is 11.5 Å². The van der Waals surface area contributed by atoms with Crippen LogP contribution in [0.1, 0.15) is 0 Å². The Morgan fingerprint density at radius 2 is 1.57 bits per heavy atom. The molecule has 0 amide bonds. The SMILES string of the molecule is COc1ccccc1-c1cc(-c2ccccc2OC)n(Cn2ccc([N+](=O)[O-])n2)n1. The van der Waals surface area contributed by atoms with Gasteiger partial charge in [0.05, 0.1) is 43.0 Å². The van der Waals surface area contributed by atoms with Crippen LogP contribution in [0.2, 0.25) is 0 Å². The van der Waals surface area contributed by atoms with Gasteiger partial charge in [-0.05, 0) is 35.3 Å². The average molecular weight is 405 g/mol. The van der Waals surface area contributed by atoms with Crippen molar-refractivity contribution in [2.24, 2.45) is 0 Å². The molecule has 9 nitrogen and oxygen atoms in total. The smallest absolute Gasteiger partial charge is 0.389 e. The first kappa shape index (κ1) is 19.2. The monoisotopic (exact) mass is 405 g/mol. The molecule has 2 aromatic carbocycles. The van der Waals surface area contributed by atoms with Gasteiger partial charge >= 0.3 is 5.82 Å². The molecule has 4 aromatic rings. The fourth-order valence-electron chi connectivity index (χ4n) is 3.25. The number of hydrogen-bond acceptors (Lipinski definition) is 6. The summed E-state index contributed by atoms with van der Waals surface area (Å²) in [6, 6.07) is 18.5. The fourth-order valence-corrected chi connectivity index (χ4v) is 3.25. The third-order valence-corrected chi connectivity index (χ3v) is 4.64. The van der Waals surface area contributed by atoms with Crippen LogP contribution < -0.4 is 9.47 Å². The number of nitrogens with zero attached hydrogens (tertiary/aromatic N) is 5. The molecule has 0 saturated carbocycles. The molecule has 2 aromatic heterocycles. The summed E-state index contributed by atoms with van der Waals surface area (Å²) in [6.07, 6.45) is 1.55. The van der Waals surface area contributed by atoms with Crippen molar-refractivity contribution in [3.8, 4) is 34.0 Å². The number of methoxy groups -OCH3 is 2. The summed E-state index contributed by atoms with van der Waals surface area (Å²) in [7, 11) is 3.22. The molecule has 0 saturated heterocycles. The van der Waals surface area contributed by atoms with Gasteiger partial charge in [0.15, 0.2) is 6.67 Å².